The summed E-state index contributed by atoms with van der Waals surface area (Å²) in [4.78, 5) is 11.9. The number of hydrogen-bond donors (Lipinski definition) is 0. The molecule has 19 heavy (non-hydrogen) atoms. The molecule has 0 saturated heterocycles. The molecule has 3 heteroatoms. The number of halogens is 1. The Balaban J connectivity index is 1.97. The molecule has 0 saturated carbocycles. The van der Waals surface area contributed by atoms with Gasteiger partial charge in [-0.1, -0.05) is 41.9 Å². The first-order chi connectivity index (χ1) is 9.22. The summed E-state index contributed by atoms with van der Waals surface area (Å²) in [7, 11) is 0. The number of carbonyl (C=O) groups excluding carboxylic acids is 1. The van der Waals surface area contributed by atoms with Gasteiger partial charge in [-0.2, -0.15) is 0 Å². The molecule has 0 bridgehead atoms. The predicted molar refractivity (Wildman–Crippen MR) is 75.2 cm³/mol. The Labute approximate surface area is 116 Å². The van der Waals surface area contributed by atoms with Gasteiger partial charge in [-0.15, -0.1) is 0 Å². The van der Waals surface area contributed by atoms with Gasteiger partial charge in [0.2, 0.25) is 0 Å². The van der Waals surface area contributed by atoms with Crippen molar-refractivity contribution in [2.75, 3.05) is 0 Å². The Kier molecular flexibility index (Phi) is 3.10. The van der Waals surface area contributed by atoms with Crippen molar-refractivity contribution in [3.05, 3.63) is 70.3 Å². The Bertz CT molecular complexity index is 660. The maximum atomic E-state index is 11.9. The minimum atomic E-state index is -0.293. The lowest BCUT2D eigenvalue weighted by Crippen LogP contribution is -2.19. The molecule has 0 N–H and O–H groups in total. The van der Waals surface area contributed by atoms with Crippen molar-refractivity contribution in [1.82, 2.24) is 0 Å². The van der Waals surface area contributed by atoms with Gasteiger partial charge < -0.3 is 4.74 Å². The van der Waals surface area contributed by atoms with Crippen molar-refractivity contribution in [3.8, 4) is 5.75 Å². The molecule has 1 aliphatic rings. The molecular formula is C16H11ClO2. The molecule has 0 aromatic heterocycles. The largest absolute Gasteiger partial charge is 0.423 e. The third-order valence-electron chi connectivity index (χ3n) is 3.01. The molecule has 2 nitrogen and oxygen atoms in total. The standard InChI is InChI=1S/C16H11ClO2/c17-14-6-7-15-12(10-14)9-13(16(18)19-15)8-11-4-2-1-3-5-11/h1-8,10H,9H2/b13-8+. The smallest absolute Gasteiger partial charge is 0.339 e. The average molecular weight is 271 g/mol. The second kappa shape index (κ2) is 4.90. The highest BCUT2D eigenvalue weighted by Crippen LogP contribution is 2.30. The van der Waals surface area contributed by atoms with Gasteiger partial charge in [-0.05, 0) is 29.8 Å². The maximum absolute atomic E-state index is 11.9. The van der Waals surface area contributed by atoms with E-state index in [0.29, 0.717) is 22.8 Å². The first-order valence-electron chi connectivity index (χ1n) is 5.98. The topological polar surface area (TPSA) is 26.3 Å². The van der Waals surface area contributed by atoms with Gasteiger partial charge >= 0.3 is 5.97 Å². The van der Waals surface area contributed by atoms with Crippen LogP contribution >= 0.6 is 11.6 Å². The number of carbonyl (C=O) groups is 1. The Morgan fingerprint density at radius 3 is 2.68 bits per heavy atom. The third kappa shape index (κ3) is 2.54. The summed E-state index contributed by atoms with van der Waals surface area (Å²) < 4.78 is 5.31. The van der Waals surface area contributed by atoms with Crippen LogP contribution in [0.1, 0.15) is 11.1 Å². The van der Waals surface area contributed by atoms with Gasteiger partial charge in [0.05, 0.1) is 0 Å². The van der Waals surface area contributed by atoms with Gasteiger partial charge in [0.15, 0.2) is 0 Å². The van der Waals surface area contributed by atoms with Crippen LogP contribution in [0.15, 0.2) is 54.1 Å². The van der Waals surface area contributed by atoms with Crippen molar-refractivity contribution >= 4 is 23.6 Å². The molecule has 0 fully saturated rings. The maximum Gasteiger partial charge on any atom is 0.339 e. The van der Waals surface area contributed by atoms with Gasteiger partial charge in [0, 0.05) is 22.6 Å². The van der Waals surface area contributed by atoms with E-state index in [0.717, 1.165) is 11.1 Å². The SMILES string of the molecule is O=C1Oc2ccc(Cl)cc2C/C1=C\c1ccccc1. The number of fused-ring (bicyclic) bond motifs is 1. The van der Waals surface area contributed by atoms with Crippen molar-refractivity contribution in [1.29, 1.82) is 0 Å². The molecule has 1 aliphatic heterocycles. The van der Waals surface area contributed by atoms with Crippen LogP contribution in [0.25, 0.3) is 6.08 Å². The minimum Gasteiger partial charge on any atom is -0.423 e. The Morgan fingerprint density at radius 1 is 1.11 bits per heavy atom. The van der Waals surface area contributed by atoms with Gasteiger partial charge in [-0.25, -0.2) is 4.79 Å². The van der Waals surface area contributed by atoms with E-state index < -0.39 is 0 Å². The highest BCUT2D eigenvalue weighted by molar-refractivity contribution is 6.30. The fourth-order valence-electron chi connectivity index (χ4n) is 2.09. The molecule has 2 aromatic carbocycles. The molecule has 3 rings (SSSR count). The van der Waals surface area contributed by atoms with E-state index in [1.54, 1.807) is 12.1 Å². The third-order valence-corrected chi connectivity index (χ3v) is 3.24. The lowest BCUT2D eigenvalue weighted by Gasteiger charge is -2.18. The van der Waals surface area contributed by atoms with E-state index in [2.05, 4.69) is 0 Å². The van der Waals surface area contributed by atoms with Crippen LogP contribution in [-0.2, 0) is 11.2 Å². The highest BCUT2D eigenvalue weighted by Gasteiger charge is 2.22. The van der Waals surface area contributed by atoms with Gasteiger partial charge in [0.25, 0.3) is 0 Å². The molecule has 2 aromatic rings. The van der Waals surface area contributed by atoms with E-state index in [1.807, 2.05) is 42.5 Å². The van der Waals surface area contributed by atoms with E-state index >= 15 is 0 Å². The number of benzene rings is 2. The fraction of sp³-hybridized carbons (Fsp3) is 0.0625. The van der Waals surface area contributed by atoms with Crippen molar-refractivity contribution < 1.29 is 9.53 Å². The van der Waals surface area contributed by atoms with Crippen LogP contribution < -0.4 is 4.74 Å². The van der Waals surface area contributed by atoms with Crippen LogP contribution in [0.4, 0.5) is 0 Å². The van der Waals surface area contributed by atoms with Crippen LogP contribution in [0.2, 0.25) is 5.02 Å². The van der Waals surface area contributed by atoms with E-state index in [9.17, 15) is 4.79 Å². The van der Waals surface area contributed by atoms with Gasteiger partial charge in [0.1, 0.15) is 5.75 Å². The highest BCUT2D eigenvalue weighted by atomic mass is 35.5. The Hall–Kier alpha value is -2.06. The first kappa shape index (κ1) is 12.0. The molecule has 0 radical (unpaired) electrons. The summed E-state index contributed by atoms with van der Waals surface area (Å²) in [6, 6.07) is 15.0. The zero-order valence-electron chi connectivity index (χ0n) is 10.1. The predicted octanol–water partition coefficient (Wildman–Crippen LogP) is 3.89. The molecule has 94 valence electrons. The zero-order valence-corrected chi connectivity index (χ0v) is 10.9. The summed E-state index contributed by atoms with van der Waals surface area (Å²) >= 11 is 5.96. The molecule has 1 heterocycles. The van der Waals surface area contributed by atoms with Crippen LogP contribution in [0, 0.1) is 0 Å². The summed E-state index contributed by atoms with van der Waals surface area (Å²) in [5.41, 5.74) is 2.56. The quantitative estimate of drug-likeness (QED) is 0.446. The number of ether oxygens (including phenoxy) is 1. The second-order valence-corrected chi connectivity index (χ2v) is 4.84. The van der Waals surface area contributed by atoms with Crippen LogP contribution in [-0.4, -0.2) is 5.97 Å². The molecule has 0 amide bonds. The molecule has 0 atom stereocenters. The number of hydrogen-bond acceptors (Lipinski definition) is 2. The molecule has 0 spiro atoms. The average Bonchev–Trinajstić information content (AvgIpc) is 2.41. The fourth-order valence-corrected chi connectivity index (χ4v) is 2.28. The zero-order chi connectivity index (χ0) is 13.2. The van der Waals surface area contributed by atoms with Crippen LogP contribution in [0.5, 0.6) is 5.75 Å². The molecular weight excluding hydrogens is 260 g/mol. The van der Waals surface area contributed by atoms with E-state index in [4.69, 9.17) is 16.3 Å². The van der Waals surface area contributed by atoms with Gasteiger partial charge in [-0.3, -0.25) is 0 Å². The normalized spacial score (nSPS) is 16.1. The summed E-state index contributed by atoms with van der Waals surface area (Å²) in [6.07, 6.45) is 2.40. The summed E-state index contributed by atoms with van der Waals surface area (Å²) in [5.74, 6) is 0.304. The van der Waals surface area contributed by atoms with E-state index in [-0.39, 0.29) is 5.97 Å². The van der Waals surface area contributed by atoms with Crippen molar-refractivity contribution in [2.24, 2.45) is 0 Å². The minimum absolute atomic E-state index is 0.293. The van der Waals surface area contributed by atoms with Crippen LogP contribution in [0.3, 0.4) is 0 Å². The van der Waals surface area contributed by atoms with E-state index in [1.165, 1.54) is 0 Å². The molecule has 0 aliphatic carbocycles. The lowest BCUT2D eigenvalue weighted by molar-refractivity contribution is -0.130. The summed E-state index contributed by atoms with van der Waals surface area (Å²) in [5, 5.41) is 0.649. The first-order valence-corrected chi connectivity index (χ1v) is 6.36. The number of rotatable bonds is 1. The summed E-state index contributed by atoms with van der Waals surface area (Å²) in [6.45, 7) is 0. The molecule has 0 unspecified atom stereocenters. The monoisotopic (exact) mass is 270 g/mol. The second-order valence-electron chi connectivity index (χ2n) is 4.40. The van der Waals surface area contributed by atoms with Crippen molar-refractivity contribution in [3.63, 3.8) is 0 Å². The van der Waals surface area contributed by atoms with Crippen molar-refractivity contribution in [2.45, 2.75) is 6.42 Å². The number of esters is 1. The Morgan fingerprint density at radius 2 is 1.89 bits per heavy atom. The lowest BCUT2D eigenvalue weighted by atomic mass is 9.99.